The van der Waals surface area contributed by atoms with Crippen LogP contribution in [0.5, 0.6) is 0 Å². The molecule has 2 heteroatoms. The molecule has 1 N–H and O–H groups in total. The fourth-order valence-electron chi connectivity index (χ4n) is 1.09. The molecule has 0 saturated carbocycles. The number of fused-ring (bicyclic) bond motifs is 1. The van der Waals surface area contributed by atoms with Crippen LogP contribution in [-0.2, 0) is 4.74 Å². The zero-order valence-electron chi connectivity index (χ0n) is 4.18. The number of nitrogens with one attached hydrogen (secondary N) is 1. The molecule has 2 heterocycles. The molecule has 2 saturated heterocycles. The molecule has 2 aliphatic heterocycles. The topological polar surface area (TPSA) is 31.2 Å². The smallest absolute Gasteiger partial charge is 0.0634 e. The molecular formula is C5H9NO. The normalized spacial score (nSPS) is 48.0. The van der Waals surface area contributed by atoms with Crippen LogP contribution in [0.25, 0.3) is 0 Å². The zero-order valence-corrected chi connectivity index (χ0v) is 4.18. The van der Waals surface area contributed by atoms with E-state index in [0.717, 1.165) is 25.3 Å². The Labute approximate surface area is 42.9 Å². The summed E-state index contributed by atoms with van der Waals surface area (Å²) in [6.07, 6.45) is 1.23. The summed E-state index contributed by atoms with van der Waals surface area (Å²) in [5.41, 5.74) is 0. The second-order valence-electron chi connectivity index (χ2n) is 2.24. The van der Waals surface area contributed by atoms with Crippen LogP contribution in [0, 0.1) is 0 Å². The Hall–Kier alpha value is -0.0800. The van der Waals surface area contributed by atoms with Gasteiger partial charge in [0.25, 0.3) is 0 Å². The Morgan fingerprint density at radius 2 is 2.43 bits per heavy atom. The van der Waals surface area contributed by atoms with Gasteiger partial charge in [0.05, 0.1) is 6.61 Å². The van der Waals surface area contributed by atoms with Crippen molar-refractivity contribution < 1.29 is 4.74 Å². The van der Waals surface area contributed by atoms with Crippen molar-refractivity contribution in [1.82, 2.24) is 5.32 Å². The van der Waals surface area contributed by atoms with Crippen molar-refractivity contribution in [3.63, 3.8) is 0 Å². The molecule has 2 rings (SSSR count). The largest absolute Gasteiger partial charge is 0.380 e. The molecule has 0 aromatic heterocycles. The molecular weight excluding hydrogens is 90.1 g/mol. The first-order valence-electron chi connectivity index (χ1n) is 2.80. The maximum absolute atomic E-state index is 5.16. The van der Waals surface area contributed by atoms with Gasteiger partial charge in [-0.25, -0.2) is 0 Å². The predicted octanol–water partition coefficient (Wildman–Crippen LogP) is -0.253. The van der Waals surface area contributed by atoms with E-state index in [2.05, 4.69) is 5.32 Å². The molecule has 0 aromatic carbocycles. The first kappa shape index (κ1) is 3.87. The quantitative estimate of drug-likeness (QED) is 0.424. The minimum absolute atomic E-state index is 0.730. The summed E-state index contributed by atoms with van der Waals surface area (Å²) in [6, 6.07) is 1.56. The Morgan fingerprint density at radius 1 is 1.43 bits per heavy atom. The van der Waals surface area contributed by atoms with E-state index in [1.807, 2.05) is 0 Å². The first-order chi connectivity index (χ1) is 3.47. The molecule has 2 fully saturated rings. The van der Waals surface area contributed by atoms with Crippen molar-refractivity contribution in [2.75, 3.05) is 13.2 Å². The van der Waals surface area contributed by atoms with Gasteiger partial charge in [-0.05, 0) is 6.42 Å². The van der Waals surface area contributed by atoms with Crippen molar-refractivity contribution in [2.45, 2.75) is 18.5 Å². The minimum Gasteiger partial charge on any atom is -0.380 e. The lowest BCUT2D eigenvalue weighted by atomic mass is 10.2. The van der Waals surface area contributed by atoms with E-state index in [-0.39, 0.29) is 0 Å². The van der Waals surface area contributed by atoms with E-state index in [9.17, 15) is 0 Å². The van der Waals surface area contributed by atoms with Crippen molar-refractivity contribution in [1.29, 1.82) is 0 Å². The summed E-state index contributed by atoms with van der Waals surface area (Å²) in [7, 11) is 0. The van der Waals surface area contributed by atoms with Crippen LogP contribution in [0.3, 0.4) is 0 Å². The highest BCUT2D eigenvalue weighted by molar-refractivity contribution is 4.99. The van der Waals surface area contributed by atoms with E-state index in [4.69, 9.17) is 4.74 Å². The Morgan fingerprint density at radius 3 is 3.00 bits per heavy atom. The highest BCUT2D eigenvalue weighted by atomic mass is 16.5. The third-order valence-electron chi connectivity index (χ3n) is 1.68. The van der Waals surface area contributed by atoms with E-state index >= 15 is 0 Å². The first-order valence-corrected chi connectivity index (χ1v) is 2.80. The molecule has 0 unspecified atom stereocenters. The van der Waals surface area contributed by atoms with Crippen LogP contribution in [-0.4, -0.2) is 25.3 Å². The number of hydrogen-bond acceptors (Lipinski definition) is 2. The van der Waals surface area contributed by atoms with E-state index in [0.29, 0.717) is 0 Å². The Balaban J connectivity index is 1.95. The van der Waals surface area contributed by atoms with Gasteiger partial charge in [-0.15, -0.1) is 0 Å². The highest BCUT2D eigenvalue weighted by Crippen LogP contribution is 2.19. The van der Waals surface area contributed by atoms with Gasteiger partial charge in [0.15, 0.2) is 0 Å². The molecule has 0 amide bonds. The summed E-state index contributed by atoms with van der Waals surface area (Å²) in [5, 5.41) is 3.31. The van der Waals surface area contributed by atoms with Crippen molar-refractivity contribution >= 4 is 0 Å². The maximum Gasteiger partial charge on any atom is 0.0634 e. The second kappa shape index (κ2) is 1.20. The van der Waals surface area contributed by atoms with Gasteiger partial charge in [0, 0.05) is 18.7 Å². The highest BCUT2D eigenvalue weighted by Gasteiger charge is 2.38. The summed E-state index contributed by atoms with van der Waals surface area (Å²) < 4.78 is 5.16. The summed E-state index contributed by atoms with van der Waals surface area (Å²) in [5.74, 6) is 0. The molecule has 2 atom stereocenters. The second-order valence-corrected chi connectivity index (χ2v) is 2.24. The average Bonchev–Trinajstić information content (AvgIpc) is 2.41. The fourth-order valence-corrected chi connectivity index (χ4v) is 1.09. The molecule has 0 aromatic rings. The van der Waals surface area contributed by atoms with Crippen molar-refractivity contribution in [3.8, 4) is 0 Å². The van der Waals surface area contributed by atoms with E-state index < -0.39 is 0 Å². The van der Waals surface area contributed by atoms with Crippen LogP contribution in [0.1, 0.15) is 6.42 Å². The van der Waals surface area contributed by atoms with Crippen molar-refractivity contribution in [2.24, 2.45) is 0 Å². The number of ether oxygens (including phenoxy) is 1. The van der Waals surface area contributed by atoms with E-state index in [1.54, 1.807) is 0 Å². The lowest BCUT2D eigenvalue weighted by Crippen LogP contribution is -2.13. The van der Waals surface area contributed by atoms with Gasteiger partial charge < -0.3 is 10.1 Å². The van der Waals surface area contributed by atoms with Crippen LogP contribution in [0.4, 0.5) is 0 Å². The molecule has 0 bridgehead atoms. The van der Waals surface area contributed by atoms with E-state index in [1.165, 1.54) is 6.42 Å². The summed E-state index contributed by atoms with van der Waals surface area (Å²) in [6.45, 7) is 1.92. The van der Waals surface area contributed by atoms with Crippen LogP contribution >= 0.6 is 0 Å². The minimum atomic E-state index is 0.730. The fraction of sp³-hybridized carbons (Fsp3) is 1.00. The summed E-state index contributed by atoms with van der Waals surface area (Å²) >= 11 is 0. The standard InChI is InChI=1S/C5H9NO/c1-2-7-3-5-4(1)6-5/h4-6H,1-3H2/t4-,5+/m1/s1. The monoisotopic (exact) mass is 99.1 g/mol. The molecule has 0 spiro atoms. The molecule has 2 nitrogen and oxygen atoms in total. The zero-order chi connectivity index (χ0) is 4.69. The Bertz CT molecular complexity index is 74.1. The molecule has 0 aliphatic carbocycles. The lowest BCUT2D eigenvalue weighted by molar-refractivity contribution is 0.114. The third-order valence-corrected chi connectivity index (χ3v) is 1.68. The summed E-state index contributed by atoms with van der Waals surface area (Å²) in [4.78, 5) is 0. The van der Waals surface area contributed by atoms with Gasteiger partial charge >= 0.3 is 0 Å². The predicted molar refractivity (Wildman–Crippen MR) is 26.1 cm³/mol. The van der Waals surface area contributed by atoms with Crippen LogP contribution < -0.4 is 5.32 Å². The van der Waals surface area contributed by atoms with Crippen LogP contribution in [0.2, 0.25) is 0 Å². The van der Waals surface area contributed by atoms with Gasteiger partial charge in [-0.2, -0.15) is 0 Å². The SMILES string of the molecule is C1C[C@H]2N[C@H]2CO1. The third kappa shape index (κ3) is 0.545. The van der Waals surface area contributed by atoms with Crippen LogP contribution in [0.15, 0.2) is 0 Å². The lowest BCUT2D eigenvalue weighted by Gasteiger charge is -2.05. The van der Waals surface area contributed by atoms with Crippen molar-refractivity contribution in [3.05, 3.63) is 0 Å². The molecule has 0 radical (unpaired) electrons. The molecule has 2 aliphatic rings. The van der Waals surface area contributed by atoms with Gasteiger partial charge in [0.1, 0.15) is 0 Å². The van der Waals surface area contributed by atoms with Gasteiger partial charge in [-0.3, -0.25) is 0 Å². The Kier molecular flexibility index (Phi) is 0.664. The average molecular weight is 99.1 g/mol. The number of hydrogen-bond donors (Lipinski definition) is 1. The molecule has 7 heavy (non-hydrogen) atoms. The van der Waals surface area contributed by atoms with Gasteiger partial charge in [0.2, 0.25) is 0 Å². The molecule has 40 valence electrons. The van der Waals surface area contributed by atoms with Gasteiger partial charge in [-0.1, -0.05) is 0 Å². The number of rotatable bonds is 0. The maximum atomic E-state index is 5.16.